The minimum absolute atomic E-state index is 0. The molecule has 80 valence electrons. The molecule has 0 spiro atoms. The van der Waals surface area contributed by atoms with Gasteiger partial charge < -0.3 is 15.6 Å². The lowest BCUT2D eigenvalue weighted by Crippen LogP contribution is -2.11. The first-order valence-corrected chi connectivity index (χ1v) is 4.70. The average Bonchev–Trinajstić information content (AvgIpc) is 2.16. The molecule has 0 radical (unpaired) electrons. The van der Waals surface area contributed by atoms with E-state index in [1.165, 1.54) is 0 Å². The Bertz CT molecular complexity index is 296. The standard InChI is InChI=1S/C9H12BrNO2.ClH/c1-13-9-3-2-6(4-7(9)10)8(12)5-11;/h2-4,8,12H,5,11H2,1H3;1H. The number of halogens is 2. The maximum atomic E-state index is 9.43. The lowest BCUT2D eigenvalue weighted by Gasteiger charge is -2.10. The molecule has 3 N–H and O–H groups in total. The third-order valence-electron chi connectivity index (χ3n) is 1.78. The molecule has 0 aromatic heterocycles. The molecule has 5 heteroatoms. The monoisotopic (exact) mass is 281 g/mol. The Morgan fingerprint density at radius 3 is 2.64 bits per heavy atom. The topological polar surface area (TPSA) is 55.5 Å². The molecule has 0 aliphatic carbocycles. The van der Waals surface area contributed by atoms with Gasteiger partial charge >= 0.3 is 0 Å². The largest absolute Gasteiger partial charge is 0.496 e. The molecule has 1 atom stereocenters. The fourth-order valence-electron chi connectivity index (χ4n) is 1.03. The zero-order valence-corrected chi connectivity index (χ0v) is 10.1. The summed E-state index contributed by atoms with van der Waals surface area (Å²) in [5.74, 6) is 0.743. The van der Waals surface area contributed by atoms with Crippen molar-refractivity contribution in [1.82, 2.24) is 0 Å². The van der Waals surface area contributed by atoms with Gasteiger partial charge in [-0.2, -0.15) is 0 Å². The molecule has 1 aromatic rings. The van der Waals surface area contributed by atoms with Gasteiger partial charge in [0, 0.05) is 6.54 Å². The van der Waals surface area contributed by atoms with Gasteiger partial charge in [0.1, 0.15) is 5.75 Å². The van der Waals surface area contributed by atoms with Crippen molar-refractivity contribution in [3.05, 3.63) is 28.2 Å². The molecule has 0 aliphatic rings. The predicted octanol–water partition coefficient (Wildman–Crippen LogP) is 1.87. The minimum atomic E-state index is -0.609. The Morgan fingerprint density at radius 2 is 2.21 bits per heavy atom. The van der Waals surface area contributed by atoms with Crippen LogP contribution in [-0.4, -0.2) is 18.8 Å². The van der Waals surface area contributed by atoms with E-state index in [4.69, 9.17) is 10.5 Å². The second-order valence-electron chi connectivity index (χ2n) is 2.65. The number of aliphatic hydroxyl groups excluding tert-OH is 1. The van der Waals surface area contributed by atoms with E-state index in [1.807, 2.05) is 0 Å². The molecular formula is C9H13BrClNO2. The fourth-order valence-corrected chi connectivity index (χ4v) is 1.58. The van der Waals surface area contributed by atoms with Crippen LogP contribution in [-0.2, 0) is 0 Å². The first kappa shape index (κ1) is 13.7. The number of methoxy groups -OCH3 is 1. The highest BCUT2D eigenvalue weighted by molar-refractivity contribution is 9.10. The number of ether oxygens (including phenoxy) is 1. The second-order valence-corrected chi connectivity index (χ2v) is 3.50. The Kier molecular flexibility index (Phi) is 6.11. The Hall–Kier alpha value is -0.290. The lowest BCUT2D eigenvalue weighted by molar-refractivity contribution is 0.186. The van der Waals surface area contributed by atoms with Crippen molar-refractivity contribution in [3.63, 3.8) is 0 Å². The zero-order chi connectivity index (χ0) is 9.84. The average molecular weight is 283 g/mol. The van der Waals surface area contributed by atoms with Crippen LogP contribution in [0.1, 0.15) is 11.7 Å². The molecule has 0 bridgehead atoms. The third kappa shape index (κ3) is 3.13. The maximum absolute atomic E-state index is 9.43. The molecule has 14 heavy (non-hydrogen) atoms. The minimum Gasteiger partial charge on any atom is -0.496 e. The summed E-state index contributed by atoms with van der Waals surface area (Å²) in [6.45, 7) is 0.221. The van der Waals surface area contributed by atoms with E-state index in [0.29, 0.717) is 0 Å². The van der Waals surface area contributed by atoms with Crippen molar-refractivity contribution < 1.29 is 9.84 Å². The van der Waals surface area contributed by atoms with Gasteiger partial charge in [-0.15, -0.1) is 12.4 Å². The molecule has 0 aliphatic heterocycles. The van der Waals surface area contributed by atoms with E-state index in [1.54, 1.807) is 25.3 Å². The molecule has 0 amide bonds. The zero-order valence-electron chi connectivity index (χ0n) is 7.74. The van der Waals surface area contributed by atoms with Crippen LogP contribution >= 0.6 is 28.3 Å². The van der Waals surface area contributed by atoms with Crippen LogP contribution in [0.5, 0.6) is 5.75 Å². The van der Waals surface area contributed by atoms with Crippen LogP contribution in [0, 0.1) is 0 Å². The van der Waals surface area contributed by atoms with E-state index in [-0.39, 0.29) is 19.0 Å². The van der Waals surface area contributed by atoms with Crippen molar-refractivity contribution in [2.75, 3.05) is 13.7 Å². The third-order valence-corrected chi connectivity index (χ3v) is 2.40. The molecule has 1 rings (SSSR count). The predicted molar refractivity (Wildman–Crippen MR) is 62.0 cm³/mol. The van der Waals surface area contributed by atoms with E-state index >= 15 is 0 Å². The van der Waals surface area contributed by atoms with Crippen LogP contribution in [0.25, 0.3) is 0 Å². The summed E-state index contributed by atoms with van der Waals surface area (Å²) < 4.78 is 5.87. The van der Waals surface area contributed by atoms with E-state index in [9.17, 15) is 5.11 Å². The summed E-state index contributed by atoms with van der Waals surface area (Å²) in [7, 11) is 1.60. The van der Waals surface area contributed by atoms with Crippen LogP contribution in [0.2, 0.25) is 0 Å². The summed E-state index contributed by atoms with van der Waals surface area (Å²) in [6.07, 6.45) is -0.609. The molecule has 1 unspecified atom stereocenters. The molecule has 0 heterocycles. The van der Waals surface area contributed by atoms with Crippen molar-refractivity contribution >= 4 is 28.3 Å². The van der Waals surface area contributed by atoms with Crippen molar-refractivity contribution in [1.29, 1.82) is 0 Å². The van der Waals surface area contributed by atoms with Crippen LogP contribution in [0.15, 0.2) is 22.7 Å². The van der Waals surface area contributed by atoms with E-state index in [2.05, 4.69) is 15.9 Å². The summed E-state index contributed by atoms with van der Waals surface area (Å²) in [5.41, 5.74) is 6.12. The van der Waals surface area contributed by atoms with Gasteiger partial charge in [-0.05, 0) is 33.6 Å². The second kappa shape index (κ2) is 6.24. The summed E-state index contributed by atoms with van der Waals surface area (Å²) >= 11 is 3.33. The first-order chi connectivity index (χ1) is 6.19. The quantitative estimate of drug-likeness (QED) is 0.890. The molecule has 1 aromatic carbocycles. The van der Waals surface area contributed by atoms with Crippen molar-refractivity contribution in [2.24, 2.45) is 5.73 Å². The van der Waals surface area contributed by atoms with Gasteiger partial charge in [0.2, 0.25) is 0 Å². The number of hydrogen-bond acceptors (Lipinski definition) is 3. The van der Waals surface area contributed by atoms with Gasteiger partial charge in [0.15, 0.2) is 0 Å². The number of benzene rings is 1. The van der Waals surface area contributed by atoms with Crippen molar-refractivity contribution in [3.8, 4) is 5.75 Å². The molecule has 3 nitrogen and oxygen atoms in total. The molecule has 0 fully saturated rings. The normalized spacial score (nSPS) is 11.7. The van der Waals surface area contributed by atoms with Crippen LogP contribution < -0.4 is 10.5 Å². The van der Waals surface area contributed by atoms with Crippen LogP contribution in [0.3, 0.4) is 0 Å². The molecular weight excluding hydrogens is 269 g/mol. The number of hydrogen-bond donors (Lipinski definition) is 2. The molecule has 0 saturated heterocycles. The number of nitrogens with two attached hydrogens (primary N) is 1. The first-order valence-electron chi connectivity index (χ1n) is 3.90. The summed E-state index contributed by atoms with van der Waals surface area (Å²) in [4.78, 5) is 0. The number of rotatable bonds is 3. The van der Waals surface area contributed by atoms with Gasteiger partial charge in [-0.1, -0.05) is 6.07 Å². The van der Waals surface area contributed by atoms with Gasteiger partial charge in [0.05, 0.1) is 17.7 Å². The van der Waals surface area contributed by atoms with Gasteiger partial charge in [-0.3, -0.25) is 0 Å². The van der Waals surface area contributed by atoms with E-state index in [0.717, 1.165) is 15.8 Å². The van der Waals surface area contributed by atoms with Gasteiger partial charge in [-0.25, -0.2) is 0 Å². The summed E-state index contributed by atoms with van der Waals surface area (Å²) in [5, 5.41) is 9.43. The highest BCUT2D eigenvalue weighted by Gasteiger charge is 2.07. The highest BCUT2D eigenvalue weighted by Crippen LogP contribution is 2.27. The van der Waals surface area contributed by atoms with Crippen LogP contribution in [0.4, 0.5) is 0 Å². The Balaban J connectivity index is 0.00000169. The Morgan fingerprint density at radius 1 is 1.57 bits per heavy atom. The smallest absolute Gasteiger partial charge is 0.133 e. The number of aliphatic hydroxyl groups is 1. The highest BCUT2D eigenvalue weighted by atomic mass is 79.9. The molecule has 0 saturated carbocycles. The lowest BCUT2D eigenvalue weighted by atomic mass is 10.1. The van der Waals surface area contributed by atoms with Crippen molar-refractivity contribution in [2.45, 2.75) is 6.10 Å². The fraction of sp³-hybridized carbons (Fsp3) is 0.333. The summed E-state index contributed by atoms with van der Waals surface area (Å²) in [6, 6.07) is 5.38. The van der Waals surface area contributed by atoms with E-state index < -0.39 is 6.10 Å². The SMILES string of the molecule is COc1ccc(C(O)CN)cc1Br.Cl. The maximum Gasteiger partial charge on any atom is 0.133 e. The Labute approximate surface area is 97.8 Å². The van der Waals surface area contributed by atoms with Gasteiger partial charge in [0.25, 0.3) is 0 Å².